The number of nitro benzene ring substituents is 1. The second kappa shape index (κ2) is 7.11. The Hall–Kier alpha value is -2.24. The minimum atomic E-state index is -0.345. The summed E-state index contributed by atoms with van der Waals surface area (Å²) >= 11 is 0. The molecule has 0 radical (unpaired) electrons. The molecule has 1 aliphatic heterocycles. The van der Waals surface area contributed by atoms with E-state index < -0.39 is 0 Å². The molecular formula is C19H23N3O2. The molecule has 1 heterocycles. The van der Waals surface area contributed by atoms with Gasteiger partial charge in [-0.3, -0.25) is 15.0 Å². The van der Waals surface area contributed by atoms with Crippen LogP contribution < -0.4 is 5.73 Å². The molecule has 126 valence electrons. The smallest absolute Gasteiger partial charge is 0.269 e. The van der Waals surface area contributed by atoms with Crippen molar-refractivity contribution in [2.45, 2.75) is 19.4 Å². The number of aryl methyl sites for hydroxylation is 1. The van der Waals surface area contributed by atoms with Gasteiger partial charge in [-0.1, -0.05) is 36.4 Å². The van der Waals surface area contributed by atoms with E-state index in [1.54, 1.807) is 12.1 Å². The third kappa shape index (κ3) is 3.47. The number of nitrogens with zero attached hydrogens (tertiary/aromatic N) is 2. The zero-order chi connectivity index (χ0) is 17.1. The lowest BCUT2D eigenvalue weighted by Gasteiger charge is -2.17. The molecule has 2 aromatic carbocycles. The van der Waals surface area contributed by atoms with Gasteiger partial charge in [0.2, 0.25) is 0 Å². The summed E-state index contributed by atoms with van der Waals surface area (Å²) in [6.45, 7) is 5.36. The second-order valence-electron chi connectivity index (χ2n) is 6.57. The highest BCUT2D eigenvalue weighted by Crippen LogP contribution is 2.33. The van der Waals surface area contributed by atoms with Crippen LogP contribution in [0.2, 0.25) is 0 Å². The van der Waals surface area contributed by atoms with E-state index >= 15 is 0 Å². The van der Waals surface area contributed by atoms with Crippen LogP contribution in [-0.4, -0.2) is 29.5 Å². The van der Waals surface area contributed by atoms with Gasteiger partial charge in [-0.2, -0.15) is 0 Å². The van der Waals surface area contributed by atoms with Crippen molar-refractivity contribution < 1.29 is 4.92 Å². The van der Waals surface area contributed by atoms with Gasteiger partial charge >= 0.3 is 0 Å². The van der Waals surface area contributed by atoms with E-state index in [-0.39, 0.29) is 10.6 Å². The lowest BCUT2D eigenvalue weighted by molar-refractivity contribution is -0.384. The molecule has 0 saturated carbocycles. The summed E-state index contributed by atoms with van der Waals surface area (Å²) in [6, 6.07) is 15.7. The first-order chi connectivity index (χ1) is 11.6. The number of likely N-dealkylation sites (tertiary alicyclic amines) is 1. The molecule has 1 saturated heterocycles. The van der Waals surface area contributed by atoms with Gasteiger partial charge in [0.25, 0.3) is 5.69 Å². The van der Waals surface area contributed by atoms with Gasteiger partial charge in [0, 0.05) is 37.7 Å². The molecule has 1 fully saturated rings. The van der Waals surface area contributed by atoms with Crippen LogP contribution >= 0.6 is 0 Å². The van der Waals surface area contributed by atoms with Crippen molar-refractivity contribution in [1.29, 1.82) is 0 Å². The molecule has 0 unspecified atom stereocenters. The minimum absolute atomic E-state index is 0.152. The van der Waals surface area contributed by atoms with Crippen molar-refractivity contribution >= 4 is 5.69 Å². The Morgan fingerprint density at radius 2 is 1.96 bits per heavy atom. The molecule has 5 nitrogen and oxygen atoms in total. The van der Waals surface area contributed by atoms with Gasteiger partial charge in [-0.25, -0.2) is 0 Å². The van der Waals surface area contributed by atoms with Crippen molar-refractivity contribution in [3.8, 4) is 0 Å². The minimum Gasteiger partial charge on any atom is -0.330 e. The molecule has 3 rings (SSSR count). The maximum atomic E-state index is 10.9. The zero-order valence-corrected chi connectivity index (χ0v) is 13.9. The van der Waals surface area contributed by atoms with E-state index in [0.717, 1.165) is 30.8 Å². The molecule has 2 atom stereocenters. The lowest BCUT2D eigenvalue weighted by Crippen LogP contribution is -2.23. The topological polar surface area (TPSA) is 72.4 Å². The quantitative estimate of drug-likeness (QED) is 0.677. The first kappa shape index (κ1) is 16.6. The Kier molecular flexibility index (Phi) is 4.92. The van der Waals surface area contributed by atoms with Crippen LogP contribution in [0.5, 0.6) is 0 Å². The molecule has 2 N–H and O–H groups in total. The van der Waals surface area contributed by atoms with Gasteiger partial charge in [0.05, 0.1) is 4.92 Å². The number of hydrogen-bond donors (Lipinski definition) is 1. The fourth-order valence-electron chi connectivity index (χ4n) is 3.62. The maximum absolute atomic E-state index is 10.9. The van der Waals surface area contributed by atoms with Crippen LogP contribution in [0.25, 0.3) is 0 Å². The summed E-state index contributed by atoms with van der Waals surface area (Å²) < 4.78 is 0. The van der Waals surface area contributed by atoms with E-state index in [4.69, 9.17) is 5.73 Å². The standard InChI is InChI=1S/C19H23N3O2/c1-14-9-18(22(23)24)8-7-16(14)11-21-12-17(10-20)19(13-21)15-5-3-2-4-6-15/h2-9,17,19H,10-13,20H2,1H3/t17-,19+/m1/s1. The van der Waals surface area contributed by atoms with Crippen LogP contribution in [-0.2, 0) is 6.54 Å². The first-order valence-electron chi connectivity index (χ1n) is 8.29. The number of non-ortho nitro benzene ring substituents is 1. The van der Waals surface area contributed by atoms with E-state index in [2.05, 4.69) is 29.2 Å². The highest BCUT2D eigenvalue weighted by Gasteiger charge is 2.32. The van der Waals surface area contributed by atoms with Crippen molar-refractivity contribution in [3.63, 3.8) is 0 Å². The average Bonchev–Trinajstić information content (AvgIpc) is 3.00. The number of hydrogen-bond acceptors (Lipinski definition) is 4. The predicted molar refractivity (Wildman–Crippen MR) is 94.8 cm³/mol. The van der Waals surface area contributed by atoms with Gasteiger partial charge < -0.3 is 5.73 Å². The van der Waals surface area contributed by atoms with Gasteiger partial charge in [-0.15, -0.1) is 0 Å². The maximum Gasteiger partial charge on any atom is 0.269 e. The summed E-state index contributed by atoms with van der Waals surface area (Å²) in [4.78, 5) is 12.9. The van der Waals surface area contributed by atoms with Crippen LogP contribution in [0.15, 0.2) is 48.5 Å². The molecule has 0 aliphatic carbocycles. The number of nitro groups is 1. The Bertz CT molecular complexity index is 718. The van der Waals surface area contributed by atoms with Gasteiger partial charge in [0.15, 0.2) is 0 Å². The predicted octanol–water partition coefficient (Wildman–Crippen LogP) is 3.08. The van der Waals surface area contributed by atoms with Gasteiger partial charge in [-0.05, 0) is 36.1 Å². The number of nitrogens with two attached hydrogens (primary N) is 1. The highest BCUT2D eigenvalue weighted by atomic mass is 16.6. The van der Waals surface area contributed by atoms with Gasteiger partial charge in [0.1, 0.15) is 0 Å². The number of benzene rings is 2. The SMILES string of the molecule is Cc1cc([N+](=O)[O-])ccc1CN1C[C@@H](CN)[C@H](c2ccccc2)C1. The monoisotopic (exact) mass is 325 g/mol. The third-order valence-corrected chi connectivity index (χ3v) is 4.98. The lowest BCUT2D eigenvalue weighted by atomic mass is 9.89. The van der Waals surface area contributed by atoms with Crippen LogP contribution in [0.3, 0.4) is 0 Å². The molecular weight excluding hydrogens is 302 g/mol. The van der Waals surface area contributed by atoms with Crippen LogP contribution in [0, 0.1) is 23.0 Å². The largest absolute Gasteiger partial charge is 0.330 e. The summed E-state index contributed by atoms with van der Waals surface area (Å²) in [5.41, 5.74) is 9.61. The van der Waals surface area contributed by atoms with E-state index in [1.807, 2.05) is 19.1 Å². The van der Waals surface area contributed by atoms with Crippen molar-refractivity contribution in [3.05, 3.63) is 75.3 Å². The molecule has 0 amide bonds. The Morgan fingerprint density at radius 3 is 2.58 bits per heavy atom. The molecule has 0 spiro atoms. The Balaban J connectivity index is 1.74. The van der Waals surface area contributed by atoms with Crippen LogP contribution in [0.4, 0.5) is 5.69 Å². The second-order valence-corrected chi connectivity index (χ2v) is 6.57. The molecule has 0 aromatic heterocycles. The van der Waals surface area contributed by atoms with Crippen molar-refractivity contribution in [2.75, 3.05) is 19.6 Å². The molecule has 0 bridgehead atoms. The first-order valence-corrected chi connectivity index (χ1v) is 8.29. The fraction of sp³-hybridized carbons (Fsp3) is 0.368. The molecule has 1 aliphatic rings. The third-order valence-electron chi connectivity index (χ3n) is 4.98. The van der Waals surface area contributed by atoms with Crippen molar-refractivity contribution in [2.24, 2.45) is 11.7 Å². The highest BCUT2D eigenvalue weighted by molar-refractivity contribution is 5.39. The fourth-order valence-corrected chi connectivity index (χ4v) is 3.62. The van der Waals surface area contributed by atoms with E-state index in [1.165, 1.54) is 5.56 Å². The molecule has 2 aromatic rings. The average molecular weight is 325 g/mol. The van der Waals surface area contributed by atoms with E-state index in [0.29, 0.717) is 18.4 Å². The van der Waals surface area contributed by atoms with E-state index in [9.17, 15) is 10.1 Å². The summed E-state index contributed by atoms with van der Waals surface area (Å²) in [6.07, 6.45) is 0. The van der Waals surface area contributed by atoms with Crippen molar-refractivity contribution in [1.82, 2.24) is 4.90 Å². The summed E-state index contributed by atoms with van der Waals surface area (Å²) in [5.74, 6) is 0.903. The Labute approximate surface area is 142 Å². The normalized spacial score (nSPS) is 21.1. The Morgan fingerprint density at radius 1 is 1.21 bits per heavy atom. The molecule has 24 heavy (non-hydrogen) atoms. The zero-order valence-electron chi connectivity index (χ0n) is 13.9. The number of rotatable bonds is 5. The van der Waals surface area contributed by atoms with Crippen LogP contribution in [0.1, 0.15) is 22.6 Å². The summed E-state index contributed by atoms with van der Waals surface area (Å²) in [5, 5.41) is 10.9. The summed E-state index contributed by atoms with van der Waals surface area (Å²) in [7, 11) is 0. The molecule has 5 heteroatoms.